The van der Waals surface area contributed by atoms with Crippen molar-refractivity contribution in [3.63, 3.8) is 0 Å². The first kappa shape index (κ1) is 18.5. The number of carboxylic acids is 1. The standard InChI is InChI=1S/C16H21NO4.K/c18-15-9-17(8-13(15)6-16(19)20)7-12-3-1-2-11-4-5-21-10-14(11)12;/h1-3,13,15,18H,4-10H2,(H,19,20);/q;+1/p-1/t13-,15-;/m1./s1. The quantitative estimate of drug-likeness (QED) is 0.586. The molecule has 0 aromatic heterocycles. The summed E-state index contributed by atoms with van der Waals surface area (Å²) in [6.45, 7) is 3.26. The molecule has 0 saturated carbocycles. The molecule has 0 unspecified atom stereocenters. The van der Waals surface area contributed by atoms with Crippen molar-refractivity contribution >= 4 is 5.97 Å². The molecule has 5 nitrogen and oxygen atoms in total. The van der Waals surface area contributed by atoms with Crippen LogP contribution >= 0.6 is 0 Å². The Balaban J connectivity index is 0.00000176. The molecular formula is C16H20KNO4. The number of benzene rings is 1. The molecule has 1 aromatic rings. The fourth-order valence-electron chi connectivity index (χ4n) is 3.34. The molecular weight excluding hydrogens is 309 g/mol. The monoisotopic (exact) mass is 329 g/mol. The number of aliphatic hydroxyl groups excluding tert-OH is 1. The number of rotatable bonds is 4. The van der Waals surface area contributed by atoms with Gasteiger partial charge in [0.2, 0.25) is 0 Å². The van der Waals surface area contributed by atoms with Crippen LogP contribution in [0, 0.1) is 5.92 Å². The van der Waals surface area contributed by atoms with Gasteiger partial charge in [-0.1, -0.05) is 18.2 Å². The van der Waals surface area contributed by atoms with Gasteiger partial charge in [0.25, 0.3) is 0 Å². The maximum Gasteiger partial charge on any atom is 1.00 e. The summed E-state index contributed by atoms with van der Waals surface area (Å²) in [5, 5.41) is 20.7. The van der Waals surface area contributed by atoms with Crippen LogP contribution in [0.15, 0.2) is 18.2 Å². The van der Waals surface area contributed by atoms with Gasteiger partial charge in [-0.3, -0.25) is 4.90 Å². The Morgan fingerprint density at radius 3 is 3.00 bits per heavy atom. The molecule has 1 N–H and O–H groups in total. The number of likely N-dealkylation sites (tertiary alicyclic amines) is 1. The zero-order chi connectivity index (χ0) is 14.8. The van der Waals surface area contributed by atoms with Gasteiger partial charge in [-0.25, -0.2) is 0 Å². The summed E-state index contributed by atoms with van der Waals surface area (Å²) in [7, 11) is 0. The van der Waals surface area contributed by atoms with Crippen LogP contribution in [0.3, 0.4) is 0 Å². The molecule has 1 fully saturated rings. The van der Waals surface area contributed by atoms with Crippen molar-refractivity contribution in [2.24, 2.45) is 5.92 Å². The first-order valence-corrected chi connectivity index (χ1v) is 7.41. The Morgan fingerprint density at radius 1 is 1.41 bits per heavy atom. The van der Waals surface area contributed by atoms with Gasteiger partial charge >= 0.3 is 51.4 Å². The number of carbonyl (C=O) groups is 1. The number of β-amino-alcohol motifs (C(OH)–C–C–N with tert-alkyl or cyclic N) is 1. The van der Waals surface area contributed by atoms with E-state index in [9.17, 15) is 15.0 Å². The number of fused-ring (bicyclic) bond motifs is 1. The predicted octanol–water partition coefficient (Wildman–Crippen LogP) is -3.30. The maximum atomic E-state index is 10.7. The topological polar surface area (TPSA) is 72.8 Å². The largest absolute Gasteiger partial charge is 1.00 e. The summed E-state index contributed by atoms with van der Waals surface area (Å²) >= 11 is 0. The number of aliphatic hydroxyl groups is 1. The van der Waals surface area contributed by atoms with Gasteiger partial charge < -0.3 is 19.7 Å². The van der Waals surface area contributed by atoms with Gasteiger partial charge in [-0.15, -0.1) is 0 Å². The van der Waals surface area contributed by atoms with E-state index in [1.54, 1.807) is 0 Å². The number of nitrogens with zero attached hydrogens (tertiary/aromatic N) is 1. The molecule has 0 aliphatic carbocycles. The van der Waals surface area contributed by atoms with E-state index in [0.717, 1.165) is 19.6 Å². The third kappa shape index (κ3) is 4.39. The first-order chi connectivity index (χ1) is 10.1. The molecule has 0 amide bonds. The molecule has 1 saturated heterocycles. The average molecular weight is 329 g/mol. The van der Waals surface area contributed by atoms with Crippen molar-refractivity contribution in [2.75, 3.05) is 19.7 Å². The first-order valence-electron chi connectivity index (χ1n) is 7.41. The van der Waals surface area contributed by atoms with Gasteiger partial charge in [-0.2, -0.15) is 0 Å². The second-order valence-electron chi connectivity index (χ2n) is 5.96. The summed E-state index contributed by atoms with van der Waals surface area (Å²) in [4.78, 5) is 12.8. The Kier molecular flexibility index (Phi) is 7.04. The maximum absolute atomic E-state index is 10.7. The smallest absolute Gasteiger partial charge is 0.550 e. The van der Waals surface area contributed by atoms with E-state index in [1.807, 2.05) is 0 Å². The van der Waals surface area contributed by atoms with Crippen molar-refractivity contribution in [2.45, 2.75) is 32.1 Å². The summed E-state index contributed by atoms with van der Waals surface area (Å²) in [5.41, 5.74) is 3.81. The average Bonchev–Trinajstić information content (AvgIpc) is 2.78. The van der Waals surface area contributed by atoms with Crippen LogP contribution in [0.25, 0.3) is 0 Å². The third-order valence-electron chi connectivity index (χ3n) is 4.44. The van der Waals surface area contributed by atoms with Gasteiger partial charge in [0.1, 0.15) is 0 Å². The number of aliphatic carboxylic acids is 1. The number of hydrogen-bond donors (Lipinski definition) is 1. The van der Waals surface area contributed by atoms with Crippen LogP contribution < -0.4 is 56.5 Å². The molecule has 3 rings (SSSR count). The normalized spacial score (nSPS) is 24.6. The van der Waals surface area contributed by atoms with Crippen LogP contribution in [-0.4, -0.2) is 41.8 Å². The molecule has 2 atom stereocenters. The minimum atomic E-state index is -1.09. The van der Waals surface area contributed by atoms with Crippen molar-refractivity contribution in [1.29, 1.82) is 0 Å². The van der Waals surface area contributed by atoms with E-state index in [1.165, 1.54) is 16.7 Å². The van der Waals surface area contributed by atoms with E-state index < -0.39 is 12.1 Å². The van der Waals surface area contributed by atoms with Crippen LogP contribution in [0.4, 0.5) is 0 Å². The zero-order valence-corrected chi connectivity index (χ0v) is 16.1. The molecule has 2 aliphatic heterocycles. The van der Waals surface area contributed by atoms with Gasteiger partial charge in [0, 0.05) is 31.5 Å². The van der Waals surface area contributed by atoms with Crippen LogP contribution in [0.1, 0.15) is 23.1 Å². The van der Waals surface area contributed by atoms with Crippen molar-refractivity contribution in [3.05, 3.63) is 34.9 Å². The van der Waals surface area contributed by atoms with Gasteiger partial charge in [0.05, 0.1) is 19.3 Å². The molecule has 0 spiro atoms. The summed E-state index contributed by atoms with van der Waals surface area (Å²) in [6.07, 6.45) is 0.283. The molecule has 2 heterocycles. The number of ether oxygens (including phenoxy) is 1. The Bertz CT molecular complexity index is 537. The third-order valence-corrected chi connectivity index (χ3v) is 4.44. The van der Waals surface area contributed by atoms with Gasteiger partial charge in [0.15, 0.2) is 0 Å². The summed E-state index contributed by atoms with van der Waals surface area (Å²) in [5.74, 6) is -1.32. The fourth-order valence-corrected chi connectivity index (χ4v) is 3.34. The molecule has 2 aliphatic rings. The van der Waals surface area contributed by atoms with E-state index in [0.29, 0.717) is 19.7 Å². The van der Waals surface area contributed by atoms with E-state index in [2.05, 4.69) is 23.1 Å². The fraction of sp³-hybridized carbons (Fsp3) is 0.562. The zero-order valence-electron chi connectivity index (χ0n) is 13.0. The molecule has 6 heteroatoms. The van der Waals surface area contributed by atoms with Crippen molar-refractivity contribution < 1.29 is 71.1 Å². The van der Waals surface area contributed by atoms with E-state index in [4.69, 9.17) is 4.74 Å². The molecule has 1 aromatic carbocycles. The molecule has 0 radical (unpaired) electrons. The van der Waals surface area contributed by atoms with Crippen LogP contribution in [0.2, 0.25) is 0 Å². The van der Waals surface area contributed by atoms with E-state index >= 15 is 0 Å². The second kappa shape index (κ2) is 8.35. The Hall–Kier alpha value is 0.206. The van der Waals surface area contributed by atoms with Crippen molar-refractivity contribution in [3.8, 4) is 0 Å². The Labute approximate surface area is 173 Å². The molecule has 114 valence electrons. The van der Waals surface area contributed by atoms with E-state index in [-0.39, 0.29) is 63.7 Å². The SMILES string of the molecule is O=C([O-])C[C@@H]1CN(Cc2cccc3c2COCC3)C[C@H]1O.[K+]. The van der Waals surface area contributed by atoms with Crippen LogP contribution in [-0.2, 0) is 29.1 Å². The van der Waals surface area contributed by atoms with Crippen molar-refractivity contribution in [1.82, 2.24) is 4.90 Å². The molecule has 0 bridgehead atoms. The summed E-state index contributed by atoms with van der Waals surface area (Å²) < 4.78 is 5.54. The minimum absolute atomic E-state index is 0. The predicted molar refractivity (Wildman–Crippen MR) is 74.2 cm³/mol. The number of hydrogen-bond acceptors (Lipinski definition) is 5. The second-order valence-corrected chi connectivity index (χ2v) is 5.96. The van der Waals surface area contributed by atoms with Crippen LogP contribution in [0.5, 0.6) is 0 Å². The summed E-state index contributed by atoms with van der Waals surface area (Å²) in [6, 6.07) is 6.29. The minimum Gasteiger partial charge on any atom is -0.550 e. The number of carboxylic acid groups (broad SMARTS) is 1. The molecule has 22 heavy (non-hydrogen) atoms. The number of carbonyl (C=O) groups excluding carboxylic acids is 1. The van der Waals surface area contributed by atoms with Gasteiger partial charge in [-0.05, 0) is 29.5 Å². The Morgan fingerprint density at radius 2 is 2.23 bits per heavy atom.